The molecular formula is C51H102N2O6P+. The van der Waals surface area contributed by atoms with Crippen LogP contribution in [0.2, 0.25) is 0 Å². The molecule has 0 fully saturated rings. The molecule has 0 heterocycles. The molecule has 1 amide bonds. The first kappa shape index (κ1) is 59.0. The topological polar surface area (TPSA) is 105 Å². The van der Waals surface area contributed by atoms with E-state index in [0.29, 0.717) is 17.4 Å². The molecule has 0 saturated carbocycles. The Kier molecular flexibility index (Phi) is 42.5. The smallest absolute Gasteiger partial charge is 0.387 e. The van der Waals surface area contributed by atoms with E-state index >= 15 is 0 Å². The number of allylic oxidation sites excluding steroid dienone is 3. The summed E-state index contributed by atoms with van der Waals surface area (Å²) in [6.07, 6.45) is 52.6. The van der Waals surface area contributed by atoms with Gasteiger partial charge in [0.1, 0.15) is 13.2 Å². The Labute approximate surface area is 373 Å². The zero-order valence-corrected chi connectivity index (χ0v) is 41.4. The largest absolute Gasteiger partial charge is 0.472 e. The zero-order chi connectivity index (χ0) is 44.3. The average molecular weight is 870 g/mol. The normalized spacial score (nSPS) is 14.3. The quantitative estimate of drug-likeness (QED) is 0.0243. The summed E-state index contributed by atoms with van der Waals surface area (Å²) in [5.74, 6) is -0.183. The summed E-state index contributed by atoms with van der Waals surface area (Å²) < 4.78 is 23.6. The highest BCUT2D eigenvalue weighted by Gasteiger charge is 2.27. The first-order valence-corrected chi connectivity index (χ1v) is 27.2. The van der Waals surface area contributed by atoms with Crippen LogP contribution >= 0.6 is 7.82 Å². The van der Waals surface area contributed by atoms with E-state index in [2.05, 4.69) is 31.3 Å². The van der Waals surface area contributed by atoms with Gasteiger partial charge in [-0.2, -0.15) is 0 Å². The molecule has 0 aromatic heterocycles. The van der Waals surface area contributed by atoms with Crippen LogP contribution in [0, 0.1) is 0 Å². The summed E-state index contributed by atoms with van der Waals surface area (Å²) >= 11 is 0. The first-order chi connectivity index (χ1) is 29.0. The lowest BCUT2D eigenvalue weighted by Gasteiger charge is -2.25. The maximum absolute atomic E-state index is 12.9. The number of rotatable bonds is 47. The van der Waals surface area contributed by atoms with Gasteiger partial charge in [0, 0.05) is 6.42 Å². The van der Waals surface area contributed by atoms with Crippen molar-refractivity contribution in [1.29, 1.82) is 0 Å². The Morgan fingerprint density at radius 2 is 0.917 bits per heavy atom. The number of phosphoric acid groups is 1. The summed E-state index contributed by atoms with van der Waals surface area (Å²) in [5.41, 5.74) is 0. The molecule has 0 rings (SSSR count). The summed E-state index contributed by atoms with van der Waals surface area (Å²) in [7, 11) is 1.56. The SMILES string of the molecule is CCCCCCCCCCCC/C=C/CC/C=C/[C@@H](O)[C@H](COP(=O)(O)OCC[N+](C)(C)C)NC(=O)CCCCCCCCCCCCCCCCCCCCCCCC. The Balaban J connectivity index is 4.28. The van der Waals surface area contributed by atoms with Gasteiger partial charge in [-0.3, -0.25) is 13.8 Å². The van der Waals surface area contributed by atoms with Crippen molar-refractivity contribution in [2.24, 2.45) is 0 Å². The highest BCUT2D eigenvalue weighted by molar-refractivity contribution is 7.47. The van der Waals surface area contributed by atoms with Gasteiger partial charge in [0.15, 0.2) is 0 Å². The van der Waals surface area contributed by atoms with E-state index in [9.17, 15) is 19.4 Å². The number of carbonyl (C=O) groups excluding carboxylic acids is 1. The van der Waals surface area contributed by atoms with E-state index in [-0.39, 0.29) is 19.1 Å². The Morgan fingerprint density at radius 1 is 0.550 bits per heavy atom. The number of amides is 1. The number of unbranched alkanes of at least 4 members (excludes halogenated alkanes) is 32. The fourth-order valence-corrected chi connectivity index (χ4v) is 8.32. The molecule has 9 heteroatoms. The van der Waals surface area contributed by atoms with Crippen molar-refractivity contribution in [3.8, 4) is 0 Å². The van der Waals surface area contributed by atoms with Crippen molar-refractivity contribution in [3.63, 3.8) is 0 Å². The van der Waals surface area contributed by atoms with Crippen LogP contribution in [0.5, 0.6) is 0 Å². The molecule has 0 bridgehead atoms. The van der Waals surface area contributed by atoms with Gasteiger partial charge in [-0.25, -0.2) is 4.57 Å². The summed E-state index contributed by atoms with van der Waals surface area (Å²) in [4.78, 5) is 23.2. The number of aliphatic hydroxyl groups excluding tert-OH is 1. The number of nitrogens with one attached hydrogen (secondary N) is 1. The predicted octanol–water partition coefficient (Wildman–Crippen LogP) is 14.9. The lowest BCUT2D eigenvalue weighted by Crippen LogP contribution is -2.45. The number of aliphatic hydroxyl groups is 1. The van der Waals surface area contributed by atoms with Crippen molar-refractivity contribution in [3.05, 3.63) is 24.3 Å². The second-order valence-corrected chi connectivity index (χ2v) is 20.4. The average Bonchev–Trinajstić information content (AvgIpc) is 3.20. The molecule has 356 valence electrons. The van der Waals surface area contributed by atoms with Gasteiger partial charge in [-0.15, -0.1) is 0 Å². The van der Waals surface area contributed by atoms with Gasteiger partial charge < -0.3 is 19.8 Å². The van der Waals surface area contributed by atoms with Crippen LogP contribution in [0.25, 0.3) is 0 Å². The molecular weight excluding hydrogens is 768 g/mol. The molecule has 1 unspecified atom stereocenters. The minimum absolute atomic E-state index is 0.0585. The molecule has 0 aliphatic heterocycles. The molecule has 0 aromatic carbocycles. The van der Waals surface area contributed by atoms with Gasteiger partial charge in [0.2, 0.25) is 5.91 Å². The molecule has 0 saturated heterocycles. The van der Waals surface area contributed by atoms with E-state index in [1.165, 1.54) is 186 Å². The number of hydrogen-bond acceptors (Lipinski definition) is 5. The lowest BCUT2D eigenvalue weighted by atomic mass is 10.0. The Morgan fingerprint density at radius 3 is 1.33 bits per heavy atom. The summed E-state index contributed by atoms with van der Waals surface area (Å²) in [5, 5.41) is 13.9. The van der Waals surface area contributed by atoms with Crippen LogP contribution in [0.15, 0.2) is 24.3 Å². The number of quaternary nitrogens is 1. The number of likely N-dealkylation sites (N-methyl/N-ethyl adjacent to an activating group) is 1. The number of hydrogen-bond donors (Lipinski definition) is 3. The van der Waals surface area contributed by atoms with Crippen molar-refractivity contribution >= 4 is 13.7 Å². The van der Waals surface area contributed by atoms with Crippen molar-refractivity contribution < 1.29 is 32.9 Å². The molecule has 3 N–H and O–H groups in total. The van der Waals surface area contributed by atoms with E-state index in [1.807, 2.05) is 27.2 Å². The van der Waals surface area contributed by atoms with E-state index < -0.39 is 20.0 Å². The fourth-order valence-electron chi connectivity index (χ4n) is 7.59. The maximum atomic E-state index is 12.9. The highest BCUT2D eigenvalue weighted by Crippen LogP contribution is 2.43. The summed E-state index contributed by atoms with van der Waals surface area (Å²) in [6, 6.07) is -0.858. The lowest BCUT2D eigenvalue weighted by molar-refractivity contribution is -0.870. The van der Waals surface area contributed by atoms with Gasteiger partial charge in [0.25, 0.3) is 0 Å². The van der Waals surface area contributed by atoms with Crippen LogP contribution in [0.1, 0.15) is 245 Å². The van der Waals surface area contributed by atoms with Gasteiger partial charge >= 0.3 is 7.82 Å². The molecule has 3 atom stereocenters. The molecule has 8 nitrogen and oxygen atoms in total. The second kappa shape index (κ2) is 43.2. The number of nitrogens with zero attached hydrogens (tertiary/aromatic N) is 1. The molecule has 0 aliphatic carbocycles. The molecule has 0 radical (unpaired) electrons. The van der Waals surface area contributed by atoms with Gasteiger partial charge in [0.05, 0.1) is 39.9 Å². The minimum atomic E-state index is -4.35. The standard InChI is InChI=1S/C51H101N2O6P/c1-6-8-10-12-14-16-18-20-22-24-25-26-27-28-29-31-33-35-37-39-41-43-45-51(55)52-49(48-59-60(56,57)58-47-46-53(3,4)5)50(54)44-42-40-38-36-34-32-30-23-21-19-17-15-13-11-9-7-2/h34,36,42,44,49-50,54H,6-33,35,37-41,43,45-48H2,1-5H3,(H-,52,55,56,57)/p+1/b36-34+,44-42+/t49-,50+/m0/s1. The molecule has 0 aliphatic rings. The van der Waals surface area contributed by atoms with Crippen molar-refractivity contribution in [2.75, 3.05) is 40.9 Å². The van der Waals surface area contributed by atoms with Crippen molar-refractivity contribution in [2.45, 2.75) is 257 Å². The maximum Gasteiger partial charge on any atom is 0.472 e. The third-order valence-corrected chi connectivity index (χ3v) is 12.7. The van der Waals surface area contributed by atoms with E-state index in [1.54, 1.807) is 6.08 Å². The minimum Gasteiger partial charge on any atom is -0.387 e. The first-order valence-electron chi connectivity index (χ1n) is 25.7. The van der Waals surface area contributed by atoms with E-state index in [0.717, 1.165) is 38.5 Å². The van der Waals surface area contributed by atoms with Crippen LogP contribution < -0.4 is 5.32 Å². The van der Waals surface area contributed by atoms with Crippen LogP contribution in [0.4, 0.5) is 0 Å². The van der Waals surface area contributed by atoms with Crippen LogP contribution in [0.3, 0.4) is 0 Å². The zero-order valence-electron chi connectivity index (χ0n) is 40.5. The number of carbonyl (C=O) groups is 1. The summed E-state index contributed by atoms with van der Waals surface area (Å²) in [6.45, 7) is 4.82. The van der Waals surface area contributed by atoms with Gasteiger partial charge in [-0.1, -0.05) is 231 Å². The fraction of sp³-hybridized carbons (Fsp3) is 0.902. The highest BCUT2D eigenvalue weighted by atomic mass is 31.2. The molecule has 60 heavy (non-hydrogen) atoms. The van der Waals surface area contributed by atoms with Crippen LogP contribution in [-0.4, -0.2) is 73.4 Å². The predicted molar refractivity (Wildman–Crippen MR) is 258 cm³/mol. The van der Waals surface area contributed by atoms with Crippen molar-refractivity contribution in [1.82, 2.24) is 5.32 Å². The third-order valence-electron chi connectivity index (χ3n) is 11.7. The monoisotopic (exact) mass is 870 g/mol. The molecule has 0 aromatic rings. The second-order valence-electron chi connectivity index (χ2n) is 18.9. The van der Waals surface area contributed by atoms with Gasteiger partial charge in [-0.05, 0) is 32.1 Å². The number of phosphoric ester groups is 1. The Bertz CT molecular complexity index is 1030. The molecule has 0 spiro atoms. The third kappa shape index (κ3) is 45.0. The van der Waals surface area contributed by atoms with Crippen LogP contribution in [-0.2, 0) is 18.4 Å². The Hall–Kier alpha value is -1.02. The van der Waals surface area contributed by atoms with E-state index in [4.69, 9.17) is 9.05 Å².